The molecular formula is C15H21N3O2S. The molecule has 2 aromatic rings. The predicted molar refractivity (Wildman–Crippen MR) is 83.4 cm³/mol. The molecule has 0 aliphatic heterocycles. The predicted octanol–water partition coefficient (Wildman–Crippen LogP) is 3.82. The Labute approximate surface area is 129 Å². The van der Waals surface area contributed by atoms with Gasteiger partial charge in [-0.1, -0.05) is 0 Å². The molecule has 1 N–H and O–H groups in total. The van der Waals surface area contributed by atoms with E-state index in [9.17, 15) is 4.79 Å². The third-order valence-electron chi connectivity index (χ3n) is 3.53. The Morgan fingerprint density at radius 1 is 1.43 bits per heavy atom. The minimum atomic E-state index is -0.161. The summed E-state index contributed by atoms with van der Waals surface area (Å²) in [6, 6.07) is 3.36. The summed E-state index contributed by atoms with van der Waals surface area (Å²) in [5.41, 5.74) is 0.990. The van der Waals surface area contributed by atoms with Crippen LogP contribution in [0.4, 0.5) is 4.79 Å². The summed E-state index contributed by atoms with van der Waals surface area (Å²) >= 11 is 1.63. The van der Waals surface area contributed by atoms with Crippen molar-refractivity contribution < 1.29 is 9.21 Å². The summed E-state index contributed by atoms with van der Waals surface area (Å²) < 4.78 is 5.30. The Morgan fingerprint density at radius 2 is 2.14 bits per heavy atom. The Hall–Kier alpha value is -1.82. The fraction of sp³-hybridized carbons (Fsp3) is 0.467. The molecule has 2 aromatic heterocycles. The first-order chi connectivity index (χ1) is 9.90. The fourth-order valence-electron chi connectivity index (χ4n) is 2.18. The molecule has 2 atom stereocenters. The standard InChI is InChI=1S/C15H21N3O2S/c1-9(13-7-6-8-20-13)17-15(19)18(5)11(3)14-10(2)16-12(4)21-14/h6-9,11H,1-5H3,(H,17,19). The molecule has 6 heteroatoms. The highest BCUT2D eigenvalue weighted by Crippen LogP contribution is 2.28. The van der Waals surface area contributed by atoms with Gasteiger partial charge in [0, 0.05) is 11.9 Å². The third kappa shape index (κ3) is 3.44. The van der Waals surface area contributed by atoms with Gasteiger partial charge in [0.25, 0.3) is 0 Å². The average molecular weight is 307 g/mol. The number of nitrogens with one attached hydrogen (secondary N) is 1. The van der Waals surface area contributed by atoms with Crippen LogP contribution in [0.1, 0.15) is 47.3 Å². The number of nitrogens with zero attached hydrogens (tertiary/aromatic N) is 2. The smallest absolute Gasteiger partial charge is 0.318 e. The van der Waals surface area contributed by atoms with Crippen LogP contribution in [-0.4, -0.2) is 23.0 Å². The van der Waals surface area contributed by atoms with Crippen molar-refractivity contribution in [3.8, 4) is 0 Å². The maximum atomic E-state index is 12.3. The molecule has 0 aromatic carbocycles. The molecular weight excluding hydrogens is 286 g/mol. The second-order valence-corrected chi connectivity index (χ2v) is 6.39. The van der Waals surface area contributed by atoms with Gasteiger partial charge in [-0.2, -0.15) is 0 Å². The fourth-order valence-corrected chi connectivity index (χ4v) is 3.21. The highest BCUT2D eigenvalue weighted by molar-refractivity contribution is 7.11. The normalized spacial score (nSPS) is 13.8. The molecule has 5 nitrogen and oxygen atoms in total. The van der Waals surface area contributed by atoms with E-state index >= 15 is 0 Å². The number of furan rings is 1. The Kier molecular flexibility index (Phi) is 4.67. The minimum Gasteiger partial charge on any atom is -0.467 e. The number of thiazole rings is 1. The lowest BCUT2D eigenvalue weighted by molar-refractivity contribution is 0.190. The first-order valence-electron chi connectivity index (χ1n) is 6.90. The van der Waals surface area contributed by atoms with Crippen LogP contribution in [-0.2, 0) is 0 Å². The maximum absolute atomic E-state index is 12.3. The summed E-state index contributed by atoms with van der Waals surface area (Å²) in [4.78, 5) is 19.6. The number of carbonyl (C=O) groups is 1. The van der Waals surface area contributed by atoms with Gasteiger partial charge >= 0.3 is 6.03 Å². The molecule has 21 heavy (non-hydrogen) atoms. The van der Waals surface area contributed by atoms with Gasteiger partial charge in [0.2, 0.25) is 0 Å². The maximum Gasteiger partial charge on any atom is 0.318 e. The van der Waals surface area contributed by atoms with Gasteiger partial charge in [-0.25, -0.2) is 9.78 Å². The van der Waals surface area contributed by atoms with E-state index in [1.165, 1.54) is 0 Å². The second-order valence-electron chi connectivity index (χ2n) is 5.16. The van der Waals surface area contributed by atoms with Gasteiger partial charge in [-0.15, -0.1) is 11.3 Å². The molecule has 2 amide bonds. The first kappa shape index (κ1) is 15.6. The number of rotatable bonds is 4. The molecule has 0 aliphatic rings. The van der Waals surface area contributed by atoms with E-state index in [1.54, 1.807) is 29.5 Å². The molecule has 0 radical (unpaired) electrons. The second kappa shape index (κ2) is 6.30. The minimum absolute atomic E-state index is 0.0139. The van der Waals surface area contributed by atoms with E-state index in [4.69, 9.17) is 4.42 Å². The van der Waals surface area contributed by atoms with Crippen LogP contribution in [0.25, 0.3) is 0 Å². The highest BCUT2D eigenvalue weighted by atomic mass is 32.1. The monoisotopic (exact) mass is 307 g/mol. The summed E-state index contributed by atoms with van der Waals surface area (Å²) in [6.45, 7) is 7.87. The van der Waals surface area contributed by atoms with Crippen LogP contribution in [0.5, 0.6) is 0 Å². The number of hydrogen-bond acceptors (Lipinski definition) is 4. The van der Waals surface area contributed by atoms with Crippen molar-refractivity contribution in [2.45, 2.75) is 39.8 Å². The molecule has 0 spiro atoms. The largest absolute Gasteiger partial charge is 0.467 e. The Bertz CT molecular complexity index is 606. The van der Waals surface area contributed by atoms with Crippen molar-refractivity contribution in [3.05, 3.63) is 39.7 Å². The lowest BCUT2D eigenvalue weighted by Crippen LogP contribution is -2.39. The number of aryl methyl sites for hydroxylation is 2. The van der Waals surface area contributed by atoms with Crippen molar-refractivity contribution in [1.82, 2.24) is 15.2 Å². The van der Waals surface area contributed by atoms with Gasteiger partial charge in [0.1, 0.15) is 5.76 Å². The number of urea groups is 1. The lowest BCUT2D eigenvalue weighted by atomic mass is 10.2. The summed E-state index contributed by atoms with van der Waals surface area (Å²) in [7, 11) is 1.79. The summed E-state index contributed by atoms with van der Waals surface area (Å²) in [5, 5.41) is 3.96. The van der Waals surface area contributed by atoms with Gasteiger partial charge < -0.3 is 14.6 Å². The van der Waals surface area contributed by atoms with Crippen LogP contribution in [0.15, 0.2) is 22.8 Å². The lowest BCUT2D eigenvalue weighted by Gasteiger charge is -2.26. The molecule has 114 valence electrons. The molecule has 0 aliphatic carbocycles. The summed E-state index contributed by atoms with van der Waals surface area (Å²) in [6.07, 6.45) is 1.60. The number of carbonyl (C=O) groups excluding carboxylic acids is 1. The average Bonchev–Trinajstić information content (AvgIpc) is 3.06. The molecule has 0 fully saturated rings. The quantitative estimate of drug-likeness (QED) is 0.934. The molecule has 2 rings (SSSR count). The van der Waals surface area contributed by atoms with Crippen molar-refractivity contribution >= 4 is 17.4 Å². The molecule has 0 bridgehead atoms. The van der Waals surface area contributed by atoms with E-state index in [-0.39, 0.29) is 18.1 Å². The SMILES string of the molecule is Cc1nc(C)c(C(C)N(C)C(=O)NC(C)c2ccco2)s1. The number of aromatic nitrogens is 1. The zero-order chi connectivity index (χ0) is 15.6. The third-order valence-corrected chi connectivity index (χ3v) is 4.77. The van der Waals surface area contributed by atoms with Crippen LogP contribution < -0.4 is 5.32 Å². The van der Waals surface area contributed by atoms with Gasteiger partial charge in [-0.05, 0) is 39.8 Å². The zero-order valence-corrected chi connectivity index (χ0v) is 13.8. The van der Waals surface area contributed by atoms with Gasteiger partial charge in [0.05, 0.1) is 29.0 Å². The Morgan fingerprint density at radius 3 is 2.67 bits per heavy atom. The van der Waals surface area contributed by atoms with Crippen molar-refractivity contribution in [2.24, 2.45) is 0 Å². The van der Waals surface area contributed by atoms with Crippen molar-refractivity contribution in [2.75, 3.05) is 7.05 Å². The first-order valence-corrected chi connectivity index (χ1v) is 7.72. The topological polar surface area (TPSA) is 58.4 Å². The molecule has 0 saturated heterocycles. The highest BCUT2D eigenvalue weighted by Gasteiger charge is 2.23. The summed E-state index contributed by atoms with van der Waals surface area (Å²) in [5.74, 6) is 0.745. The number of hydrogen-bond donors (Lipinski definition) is 1. The van der Waals surface area contributed by atoms with E-state index in [0.717, 1.165) is 21.3 Å². The molecule has 2 unspecified atom stereocenters. The van der Waals surface area contributed by atoms with E-state index in [0.29, 0.717) is 0 Å². The number of amides is 2. The van der Waals surface area contributed by atoms with Crippen molar-refractivity contribution in [3.63, 3.8) is 0 Å². The molecule has 2 heterocycles. The van der Waals surface area contributed by atoms with Crippen LogP contribution in [0, 0.1) is 13.8 Å². The van der Waals surface area contributed by atoms with E-state index in [2.05, 4.69) is 10.3 Å². The van der Waals surface area contributed by atoms with Crippen LogP contribution >= 0.6 is 11.3 Å². The Balaban J connectivity index is 2.03. The molecule has 0 saturated carbocycles. The van der Waals surface area contributed by atoms with Crippen LogP contribution in [0.2, 0.25) is 0 Å². The van der Waals surface area contributed by atoms with Crippen molar-refractivity contribution in [1.29, 1.82) is 0 Å². The van der Waals surface area contributed by atoms with E-state index < -0.39 is 0 Å². The van der Waals surface area contributed by atoms with Gasteiger partial charge in [-0.3, -0.25) is 0 Å². The zero-order valence-electron chi connectivity index (χ0n) is 13.0. The van der Waals surface area contributed by atoms with Crippen LogP contribution in [0.3, 0.4) is 0 Å². The van der Waals surface area contributed by atoms with E-state index in [1.807, 2.05) is 39.8 Å². The van der Waals surface area contributed by atoms with Gasteiger partial charge in [0.15, 0.2) is 0 Å².